The molecule has 0 fully saturated rings. The van der Waals surface area contributed by atoms with E-state index >= 15 is 0 Å². The third-order valence-electron chi connectivity index (χ3n) is 4.31. The van der Waals surface area contributed by atoms with Gasteiger partial charge in [0.1, 0.15) is 5.01 Å². The Hall–Kier alpha value is -2.42. The first kappa shape index (κ1) is 20.8. The fraction of sp³-hybridized carbons (Fsp3) is 0.136. The van der Waals surface area contributed by atoms with E-state index in [-0.39, 0.29) is 12.3 Å². The molecule has 2 heterocycles. The summed E-state index contributed by atoms with van der Waals surface area (Å²) in [6, 6.07) is 15.9. The van der Waals surface area contributed by atoms with Crippen LogP contribution in [0.3, 0.4) is 0 Å². The molecular weight excluding hydrogens is 480 g/mol. The second kappa shape index (κ2) is 9.59. The highest BCUT2D eigenvalue weighted by atomic mass is 79.9. The number of anilines is 1. The quantitative estimate of drug-likeness (QED) is 0.323. The highest BCUT2D eigenvalue weighted by molar-refractivity contribution is 9.10. The third-order valence-corrected chi connectivity index (χ3v) is 6.73. The lowest BCUT2D eigenvalue weighted by Crippen LogP contribution is -2.14. The number of nitrogens with one attached hydrogen (secondary N) is 1. The van der Waals surface area contributed by atoms with Crippen molar-refractivity contribution in [3.8, 4) is 5.69 Å². The Labute approximate surface area is 191 Å². The van der Waals surface area contributed by atoms with E-state index in [0.717, 1.165) is 37.3 Å². The molecule has 0 bridgehead atoms. The van der Waals surface area contributed by atoms with Crippen molar-refractivity contribution in [2.24, 2.45) is 0 Å². The Bertz CT molecular complexity index is 1140. The van der Waals surface area contributed by atoms with Crippen LogP contribution in [0, 0.1) is 6.92 Å². The molecule has 0 radical (unpaired) electrons. The maximum Gasteiger partial charge on any atom is 0.231 e. The van der Waals surface area contributed by atoms with Gasteiger partial charge >= 0.3 is 0 Å². The van der Waals surface area contributed by atoms with Crippen LogP contribution in [0.1, 0.15) is 16.3 Å². The number of aryl methyl sites for hydroxylation is 1. The van der Waals surface area contributed by atoms with E-state index in [1.165, 1.54) is 11.3 Å². The number of imidazole rings is 1. The number of nitrogens with zero attached hydrogens (tertiary/aromatic N) is 3. The van der Waals surface area contributed by atoms with Crippen molar-refractivity contribution in [1.82, 2.24) is 14.5 Å². The Morgan fingerprint density at radius 1 is 1.17 bits per heavy atom. The van der Waals surface area contributed by atoms with Crippen LogP contribution in [0.4, 0.5) is 5.69 Å². The van der Waals surface area contributed by atoms with Crippen molar-refractivity contribution in [3.63, 3.8) is 0 Å². The zero-order chi connectivity index (χ0) is 20.9. The predicted molar refractivity (Wildman–Crippen MR) is 126 cm³/mol. The molecule has 4 rings (SSSR count). The summed E-state index contributed by atoms with van der Waals surface area (Å²) in [4.78, 5) is 21.4. The zero-order valence-corrected chi connectivity index (χ0v) is 19.4. The maximum absolute atomic E-state index is 12.3. The summed E-state index contributed by atoms with van der Waals surface area (Å²) in [6.07, 6.45) is 4.02. The van der Waals surface area contributed by atoms with Crippen LogP contribution in [0.15, 0.2) is 75.9 Å². The van der Waals surface area contributed by atoms with Gasteiger partial charge < -0.3 is 5.32 Å². The van der Waals surface area contributed by atoms with Gasteiger partial charge in [-0.05, 0) is 43.3 Å². The molecule has 0 unspecified atom stereocenters. The summed E-state index contributed by atoms with van der Waals surface area (Å²) in [7, 11) is 0. The predicted octanol–water partition coefficient (Wildman–Crippen LogP) is 5.87. The Morgan fingerprint density at radius 3 is 2.70 bits per heavy atom. The van der Waals surface area contributed by atoms with E-state index < -0.39 is 0 Å². The average molecular weight is 499 g/mol. The van der Waals surface area contributed by atoms with Crippen molar-refractivity contribution in [1.29, 1.82) is 0 Å². The van der Waals surface area contributed by atoms with Gasteiger partial charge in [0.25, 0.3) is 0 Å². The van der Waals surface area contributed by atoms with Gasteiger partial charge in [0.05, 0.1) is 12.1 Å². The van der Waals surface area contributed by atoms with E-state index in [1.54, 1.807) is 18.0 Å². The molecule has 2 aromatic heterocycles. The van der Waals surface area contributed by atoms with Crippen LogP contribution < -0.4 is 5.32 Å². The lowest BCUT2D eigenvalue weighted by atomic mass is 10.2. The first-order valence-electron chi connectivity index (χ1n) is 9.29. The minimum Gasteiger partial charge on any atom is -0.326 e. The van der Waals surface area contributed by atoms with Gasteiger partial charge in [-0.3, -0.25) is 9.36 Å². The number of hydrogen-bond donors (Lipinski definition) is 1. The van der Waals surface area contributed by atoms with Gasteiger partial charge in [-0.15, -0.1) is 11.3 Å². The smallest absolute Gasteiger partial charge is 0.231 e. The molecule has 4 aromatic rings. The molecular formula is C22H19BrN4OS2. The number of amides is 1. The minimum absolute atomic E-state index is 0.0572. The van der Waals surface area contributed by atoms with Crippen LogP contribution in [-0.2, 0) is 17.0 Å². The summed E-state index contributed by atoms with van der Waals surface area (Å²) < 4.78 is 3.10. The SMILES string of the molecule is Cc1ccc(NC(=O)Cc2nc(CSc3nccn3-c3ccc(Br)cc3)cs2)cc1. The Balaban J connectivity index is 1.34. The first-order valence-corrected chi connectivity index (χ1v) is 11.9. The summed E-state index contributed by atoms with van der Waals surface area (Å²) in [6.45, 7) is 2.02. The topological polar surface area (TPSA) is 59.8 Å². The van der Waals surface area contributed by atoms with Crippen molar-refractivity contribution in [2.45, 2.75) is 24.3 Å². The highest BCUT2D eigenvalue weighted by Gasteiger charge is 2.11. The lowest BCUT2D eigenvalue weighted by molar-refractivity contribution is -0.115. The number of aromatic nitrogens is 3. The zero-order valence-electron chi connectivity index (χ0n) is 16.2. The molecule has 8 heteroatoms. The second-order valence-electron chi connectivity index (χ2n) is 6.67. The molecule has 5 nitrogen and oxygen atoms in total. The van der Waals surface area contributed by atoms with Gasteiger partial charge in [0.15, 0.2) is 5.16 Å². The molecule has 0 spiro atoms. The Morgan fingerprint density at radius 2 is 1.93 bits per heavy atom. The van der Waals surface area contributed by atoms with Crippen LogP contribution >= 0.6 is 39.0 Å². The number of carbonyl (C=O) groups excluding carboxylic acids is 1. The standard InChI is InChI=1S/C22H19BrN4OS2/c1-15-2-6-17(7-3-15)25-20(28)12-21-26-18(13-29-21)14-30-22-24-10-11-27(22)19-8-4-16(23)5-9-19/h2-11,13H,12,14H2,1H3,(H,25,28). The van der Waals surface area contributed by atoms with Gasteiger partial charge in [0, 0.05) is 39.4 Å². The number of halogens is 1. The number of hydrogen-bond acceptors (Lipinski definition) is 5. The van der Waals surface area contributed by atoms with Crippen LogP contribution in [0.25, 0.3) is 5.69 Å². The van der Waals surface area contributed by atoms with Crippen molar-refractivity contribution in [2.75, 3.05) is 5.32 Å². The van der Waals surface area contributed by atoms with E-state index in [4.69, 9.17) is 0 Å². The summed E-state index contributed by atoms with van der Waals surface area (Å²) >= 11 is 6.60. The molecule has 0 saturated carbocycles. The van der Waals surface area contributed by atoms with Gasteiger partial charge in [0.2, 0.25) is 5.91 Å². The molecule has 2 aromatic carbocycles. The molecule has 30 heavy (non-hydrogen) atoms. The fourth-order valence-corrected chi connectivity index (χ4v) is 4.84. The van der Waals surface area contributed by atoms with Crippen LogP contribution in [-0.4, -0.2) is 20.4 Å². The van der Waals surface area contributed by atoms with Crippen molar-refractivity contribution < 1.29 is 4.79 Å². The number of rotatable bonds is 7. The fourth-order valence-electron chi connectivity index (χ4n) is 2.81. The average Bonchev–Trinajstić information content (AvgIpc) is 3.38. The van der Waals surface area contributed by atoms with Crippen molar-refractivity contribution in [3.05, 3.63) is 87.0 Å². The van der Waals surface area contributed by atoms with Gasteiger partial charge in [-0.2, -0.15) is 0 Å². The van der Waals surface area contributed by atoms with Crippen LogP contribution in [0.2, 0.25) is 0 Å². The molecule has 152 valence electrons. The maximum atomic E-state index is 12.3. The first-order chi connectivity index (χ1) is 14.6. The molecule has 0 atom stereocenters. The summed E-state index contributed by atoms with van der Waals surface area (Å²) in [5.41, 5.74) is 3.98. The minimum atomic E-state index is -0.0572. The van der Waals surface area contributed by atoms with E-state index in [2.05, 4.69) is 35.8 Å². The van der Waals surface area contributed by atoms with Crippen LogP contribution in [0.5, 0.6) is 0 Å². The van der Waals surface area contributed by atoms with Gasteiger partial charge in [-0.25, -0.2) is 9.97 Å². The molecule has 0 saturated heterocycles. The number of carbonyl (C=O) groups is 1. The van der Waals surface area contributed by atoms with E-state index in [0.29, 0.717) is 5.75 Å². The number of thioether (sulfide) groups is 1. The molecule has 0 aliphatic carbocycles. The van der Waals surface area contributed by atoms with Crippen molar-refractivity contribution >= 4 is 50.6 Å². The lowest BCUT2D eigenvalue weighted by Gasteiger charge is -2.07. The number of thiazole rings is 1. The number of benzene rings is 2. The molecule has 0 aliphatic rings. The van der Waals surface area contributed by atoms with E-state index in [9.17, 15) is 4.79 Å². The largest absolute Gasteiger partial charge is 0.326 e. The summed E-state index contributed by atoms with van der Waals surface area (Å²) in [5, 5.41) is 6.64. The molecule has 1 N–H and O–H groups in total. The Kier molecular flexibility index (Phi) is 6.66. The summed E-state index contributed by atoms with van der Waals surface area (Å²) in [5.74, 6) is 0.641. The third kappa shape index (κ3) is 5.38. The normalized spacial score (nSPS) is 10.9. The van der Waals surface area contributed by atoms with Gasteiger partial charge in [-0.1, -0.05) is 45.4 Å². The second-order valence-corrected chi connectivity index (χ2v) is 9.47. The monoisotopic (exact) mass is 498 g/mol. The molecule has 1 amide bonds. The van der Waals surface area contributed by atoms with E-state index in [1.807, 2.05) is 67.0 Å². The molecule has 0 aliphatic heterocycles. The highest BCUT2D eigenvalue weighted by Crippen LogP contribution is 2.25.